The molecule has 2 heterocycles. The van der Waals surface area contributed by atoms with Crippen molar-refractivity contribution in [3.8, 4) is 11.5 Å². The number of nitrogens with zero attached hydrogens (tertiary/aromatic N) is 3. The summed E-state index contributed by atoms with van der Waals surface area (Å²) in [4.78, 5) is 19.1. The third kappa shape index (κ3) is 2.99. The predicted octanol–water partition coefficient (Wildman–Crippen LogP) is 4.28. The molecule has 1 saturated heterocycles. The van der Waals surface area contributed by atoms with Crippen LogP contribution in [0.5, 0.6) is 0 Å². The van der Waals surface area contributed by atoms with Gasteiger partial charge in [-0.2, -0.15) is 4.98 Å². The quantitative estimate of drug-likeness (QED) is 0.684. The van der Waals surface area contributed by atoms with Crippen LogP contribution in [0.3, 0.4) is 0 Å². The number of carbonyl (C=O) groups is 1. The van der Waals surface area contributed by atoms with E-state index in [2.05, 4.69) is 16.2 Å². The summed E-state index contributed by atoms with van der Waals surface area (Å²) in [5.74, 6) is 0.379. The molecule has 1 aliphatic heterocycles. The highest BCUT2D eigenvalue weighted by Gasteiger charge is 2.36. The van der Waals surface area contributed by atoms with Gasteiger partial charge in [-0.25, -0.2) is 4.39 Å². The molecule has 142 valence electrons. The van der Waals surface area contributed by atoms with Crippen LogP contribution in [-0.2, 0) is 17.6 Å². The minimum absolute atomic E-state index is 0.0843. The minimum atomic E-state index is -0.353. The maximum Gasteiger partial charge on any atom is 0.258 e. The fourth-order valence-corrected chi connectivity index (χ4v) is 4.27. The van der Waals surface area contributed by atoms with Crippen LogP contribution in [-0.4, -0.2) is 22.6 Å². The molecule has 6 heteroatoms. The van der Waals surface area contributed by atoms with E-state index in [0.29, 0.717) is 24.4 Å². The number of aryl methyl sites for hydroxylation is 1. The summed E-state index contributed by atoms with van der Waals surface area (Å²) in [7, 11) is 0. The van der Waals surface area contributed by atoms with Crippen molar-refractivity contribution < 1.29 is 13.7 Å². The van der Waals surface area contributed by atoms with Gasteiger partial charge in [0.15, 0.2) is 5.82 Å². The van der Waals surface area contributed by atoms with E-state index in [1.807, 2.05) is 17.0 Å². The highest BCUT2D eigenvalue weighted by Crippen LogP contribution is 2.36. The molecule has 0 radical (unpaired) electrons. The molecule has 1 aliphatic carbocycles. The Labute approximate surface area is 162 Å². The summed E-state index contributed by atoms with van der Waals surface area (Å²) in [6, 6.07) is 12.3. The zero-order valence-corrected chi connectivity index (χ0v) is 15.4. The number of aromatic nitrogens is 2. The minimum Gasteiger partial charge on any atom is -0.334 e. The first-order chi connectivity index (χ1) is 13.7. The lowest BCUT2D eigenvalue weighted by molar-refractivity contribution is -0.117. The summed E-state index contributed by atoms with van der Waals surface area (Å²) < 4.78 is 18.8. The molecule has 5 nitrogen and oxygen atoms in total. The Morgan fingerprint density at radius 1 is 1.11 bits per heavy atom. The normalized spacial score (nSPS) is 19.1. The Balaban J connectivity index is 1.41. The number of halogens is 1. The van der Waals surface area contributed by atoms with Gasteiger partial charge in [0.2, 0.25) is 5.91 Å². The van der Waals surface area contributed by atoms with Crippen LogP contribution in [0.15, 0.2) is 47.0 Å². The molecule has 1 amide bonds. The lowest BCUT2D eigenvalue weighted by Gasteiger charge is -2.25. The first-order valence-corrected chi connectivity index (χ1v) is 9.70. The van der Waals surface area contributed by atoms with Gasteiger partial charge in [-0.05, 0) is 61.1 Å². The SMILES string of the molecule is O=C1CC(c2noc(-c3cccc(F)c3)n2)CN1c1cccc2c1CCCC2. The fourth-order valence-electron chi connectivity index (χ4n) is 4.27. The average molecular weight is 377 g/mol. The number of anilines is 1. The third-order valence-electron chi connectivity index (χ3n) is 5.67. The molecule has 0 bridgehead atoms. The maximum atomic E-state index is 13.4. The Hall–Kier alpha value is -3.02. The van der Waals surface area contributed by atoms with Crippen LogP contribution in [0.2, 0.25) is 0 Å². The lowest BCUT2D eigenvalue weighted by Crippen LogP contribution is -2.26. The van der Waals surface area contributed by atoms with Crippen LogP contribution in [0.4, 0.5) is 10.1 Å². The molecule has 1 unspecified atom stereocenters. The van der Waals surface area contributed by atoms with E-state index < -0.39 is 0 Å². The van der Waals surface area contributed by atoms with Crippen molar-refractivity contribution in [1.82, 2.24) is 10.1 Å². The van der Waals surface area contributed by atoms with Gasteiger partial charge >= 0.3 is 0 Å². The van der Waals surface area contributed by atoms with Gasteiger partial charge in [0.05, 0.1) is 0 Å². The molecule has 28 heavy (non-hydrogen) atoms. The second kappa shape index (κ2) is 6.86. The summed E-state index contributed by atoms with van der Waals surface area (Å²) in [5.41, 5.74) is 4.22. The van der Waals surface area contributed by atoms with Crippen molar-refractivity contribution >= 4 is 11.6 Å². The number of amides is 1. The number of carbonyl (C=O) groups excluding carboxylic acids is 1. The molecule has 0 N–H and O–H groups in total. The Kier molecular flexibility index (Phi) is 4.19. The van der Waals surface area contributed by atoms with E-state index in [1.54, 1.807) is 12.1 Å². The largest absolute Gasteiger partial charge is 0.334 e. The third-order valence-corrected chi connectivity index (χ3v) is 5.67. The average Bonchev–Trinajstić information content (AvgIpc) is 3.34. The molecule has 5 rings (SSSR count). The first kappa shape index (κ1) is 17.1. The highest BCUT2D eigenvalue weighted by atomic mass is 19.1. The second-order valence-electron chi connectivity index (χ2n) is 7.50. The smallest absolute Gasteiger partial charge is 0.258 e. The van der Waals surface area contributed by atoms with Crippen molar-refractivity contribution in [1.29, 1.82) is 0 Å². The van der Waals surface area contributed by atoms with Gasteiger partial charge in [-0.3, -0.25) is 4.79 Å². The number of hydrogen-bond donors (Lipinski definition) is 0. The lowest BCUT2D eigenvalue weighted by atomic mass is 9.90. The van der Waals surface area contributed by atoms with Gasteiger partial charge in [-0.15, -0.1) is 0 Å². The monoisotopic (exact) mass is 377 g/mol. The zero-order valence-electron chi connectivity index (χ0n) is 15.4. The summed E-state index contributed by atoms with van der Waals surface area (Å²) in [6.07, 6.45) is 4.82. The molecule has 1 atom stereocenters. The van der Waals surface area contributed by atoms with E-state index >= 15 is 0 Å². The molecule has 2 aromatic carbocycles. The van der Waals surface area contributed by atoms with Crippen LogP contribution < -0.4 is 4.90 Å². The standard InChI is InChI=1S/C22H20FN3O2/c23-17-8-3-7-15(11-17)22-24-21(25-28-22)16-12-20(27)26(13-16)19-10-4-6-14-5-1-2-9-18(14)19/h3-4,6-8,10-11,16H,1-2,5,9,12-13H2. The van der Waals surface area contributed by atoms with E-state index in [4.69, 9.17) is 4.52 Å². The van der Waals surface area contributed by atoms with E-state index in [0.717, 1.165) is 24.9 Å². The van der Waals surface area contributed by atoms with Gasteiger partial charge in [0.25, 0.3) is 5.89 Å². The Bertz CT molecular complexity index is 1050. The van der Waals surface area contributed by atoms with Gasteiger partial charge in [0, 0.05) is 30.1 Å². The Morgan fingerprint density at radius 3 is 2.86 bits per heavy atom. The maximum absolute atomic E-state index is 13.4. The molecule has 2 aliphatic rings. The molecular formula is C22H20FN3O2. The van der Waals surface area contributed by atoms with Crippen molar-refractivity contribution in [3.63, 3.8) is 0 Å². The second-order valence-corrected chi connectivity index (χ2v) is 7.50. The number of hydrogen-bond acceptors (Lipinski definition) is 4. The zero-order chi connectivity index (χ0) is 19.1. The first-order valence-electron chi connectivity index (χ1n) is 9.70. The highest BCUT2D eigenvalue weighted by molar-refractivity contribution is 5.97. The van der Waals surface area contributed by atoms with E-state index in [-0.39, 0.29) is 23.5 Å². The number of rotatable bonds is 3. The molecule has 0 saturated carbocycles. The molecule has 1 fully saturated rings. The van der Waals surface area contributed by atoms with Gasteiger partial charge < -0.3 is 9.42 Å². The summed E-state index contributed by atoms with van der Waals surface area (Å²) >= 11 is 0. The van der Waals surface area contributed by atoms with Crippen molar-refractivity contribution in [2.45, 2.75) is 38.0 Å². The Morgan fingerprint density at radius 2 is 1.96 bits per heavy atom. The molecule has 0 spiro atoms. The molecular weight excluding hydrogens is 357 g/mol. The number of fused-ring (bicyclic) bond motifs is 1. The topological polar surface area (TPSA) is 59.2 Å². The van der Waals surface area contributed by atoms with Crippen molar-refractivity contribution in [2.24, 2.45) is 0 Å². The summed E-state index contributed by atoms with van der Waals surface area (Å²) in [6.45, 7) is 0.539. The summed E-state index contributed by atoms with van der Waals surface area (Å²) in [5, 5.41) is 4.07. The van der Waals surface area contributed by atoms with Crippen molar-refractivity contribution in [3.05, 3.63) is 65.2 Å². The van der Waals surface area contributed by atoms with E-state index in [1.165, 1.54) is 29.7 Å². The van der Waals surface area contributed by atoms with Crippen LogP contribution in [0, 0.1) is 5.82 Å². The molecule has 1 aromatic heterocycles. The molecule has 3 aromatic rings. The van der Waals surface area contributed by atoms with Crippen LogP contribution >= 0.6 is 0 Å². The van der Waals surface area contributed by atoms with Crippen molar-refractivity contribution in [2.75, 3.05) is 11.4 Å². The number of benzene rings is 2. The van der Waals surface area contributed by atoms with E-state index in [9.17, 15) is 9.18 Å². The van der Waals surface area contributed by atoms with Crippen LogP contribution in [0.25, 0.3) is 11.5 Å². The predicted molar refractivity (Wildman–Crippen MR) is 102 cm³/mol. The fraction of sp³-hybridized carbons (Fsp3) is 0.318. The van der Waals surface area contributed by atoms with Crippen LogP contribution in [0.1, 0.15) is 42.1 Å². The van der Waals surface area contributed by atoms with Gasteiger partial charge in [0.1, 0.15) is 5.82 Å². The van der Waals surface area contributed by atoms with Gasteiger partial charge in [-0.1, -0.05) is 23.4 Å².